The van der Waals surface area contributed by atoms with Crippen molar-refractivity contribution in [2.75, 3.05) is 13.2 Å². The van der Waals surface area contributed by atoms with Gasteiger partial charge in [-0.1, -0.05) is 70.7 Å². The zero-order valence-electron chi connectivity index (χ0n) is 17.0. The van der Waals surface area contributed by atoms with E-state index in [9.17, 15) is 9.59 Å². The second-order valence-corrected chi connectivity index (χ2v) is 6.88. The molecule has 0 aromatic heterocycles. The molecule has 1 rings (SSSR count). The SMILES string of the molecule is CCCCCCCc1ccc(/C=C/C(=O)OCCOC(=O)C(C)CC)cc1. The van der Waals surface area contributed by atoms with Crippen molar-refractivity contribution in [1.82, 2.24) is 0 Å². The number of carbonyl (C=O) groups is 2. The number of carbonyl (C=O) groups excluding carboxylic acids is 2. The highest BCUT2D eigenvalue weighted by Gasteiger charge is 2.11. The van der Waals surface area contributed by atoms with Gasteiger partial charge in [0.05, 0.1) is 5.92 Å². The Kier molecular flexibility index (Phi) is 11.9. The average Bonchev–Trinajstić information content (AvgIpc) is 2.69. The first-order chi connectivity index (χ1) is 13.1. The van der Waals surface area contributed by atoms with Crippen molar-refractivity contribution in [2.24, 2.45) is 5.92 Å². The van der Waals surface area contributed by atoms with Crippen LogP contribution in [0.4, 0.5) is 0 Å². The maximum atomic E-state index is 11.7. The standard InChI is InChI=1S/C23H34O4/c1-4-6-7-8-9-10-20-11-13-21(14-12-20)15-16-22(24)26-17-18-27-23(25)19(3)5-2/h11-16,19H,4-10,17-18H2,1-3H3/b16-15+. The zero-order valence-corrected chi connectivity index (χ0v) is 17.0. The monoisotopic (exact) mass is 374 g/mol. The molecule has 0 aliphatic carbocycles. The predicted molar refractivity (Wildman–Crippen MR) is 109 cm³/mol. The summed E-state index contributed by atoms with van der Waals surface area (Å²) in [5.41, 5.74) is 2.29. The van der Waals surface area contributed by atoms with Gasteiger partial charge < -0.3 is 9.47 Å². The first-order valence-corrected chi connectivity index (χ1v) is 10.2. The van der Waals surface area contributed by atoms with Crippen LogP contribution in [0.1, 0.15) is 70.4 Å². The molecule has 0 radical (unpaired) electrons. The van der Waals surface area contributed by atoms with E-state index in [0.29, 0.717) is 0 Å². The minimum absolute atomic E-state index is 0.0717. The molecule has 0 amide bonds. The highest BCUT2D eigenvalue weighted by atomic mass is 16.6. The molecule has 0 spiro atoms. The van der Waals surface area contributed by atoms with Crippen molar-refractivity contribution in [3.05, 3.63) is 41.5 Å². The third-order valence-corrected chi connectivity index (χ3v) is 4.55. The molecule has 0 aliphatic heterocycles. The summed E-state index contributed by atoms with van der Waals surface area (Å²) in [6.07, 6.45) is 11.4. The van der Waals surface area contributed by atoms with Gasteiger partial charge in [0.25, 0.3) is 0 Å². The molecule has 150 valence electrons. The van der Waals surface area contributed by atoms with E-state index < -0.39 is 5.97 Å². The van der Waals surface area contributed by atoms with Crippen LogP contribution in [0, 0.1) is 5.92 Å². The Morgan fingerprint density at radius 3 is 2.30 bits per heavy atom. The molecule has 0 heterocycles. The van der Waals surface area contributed by atoms with Gasteiger partial charge in [0.1, 0.15) is 13.2 Å². The fourth-order valence-corrected chi connectivity index (χ4v) is 2.53. The van der Waals surface area contributed by atoms with Crippen molar-refractivity contribution in [2.45, 2.75) is 65.7 Å². The Morgan fingerprint density at radius 2 is 1.63 bits per heavy atom. The van der Waals surface area contributed by atoms with E-state index in [2.05, 4.69) is 19.1 Å². The van der Waals surface area contributed by atoms with E-state index in [1.165, 1.54) is 43.7 Å². The minimum atomic E-state index is -0.436. The molecule has 27 heavy (non-hydrogen) atoms. The largest absolute Gasteiger partial charge is 0.462 e. The summed E-state index contributed by atoms with van der Waals surface area (Å²) >= 11 is 0. The first kappa shape index (κ1) is 22.9. The first-order valence-electron chi connectivity index (χ1n) is 10.2. The summed E-state index contributed by atoms with van der Waals surface area (Å²) in [7, 11) is 0. The average molecular weight is 375 g/mol. The number of hydrogen-bond acceptors (Lipinski definition) is 4. The summed E-state index contributed by atoms with van der Waals surface area (Å²) < 4.78 is 10.1. The van der Waals surface area contributed by atoms with Crippen molar-refractivity contribution >= 4 is 18.0 Å². The molecule has 1 aromatic rings. The van der Waals surface area contributed by atoms with Crippen LogP contribution in [-0.4, -0.2) is 25.2 Å². The quantitative estimate of drug-likeness (QED) is 0.265. The van der Waals surface area contributed by atoms with Crippen LogP contribution in [0.5, 0.6) is 0 Å². The van der Waals surface area contributed by atoms with Crippen LogP contribution >= 0.6 is 0 Å². The summed E-state index contributed by atoms with van der Waals surface area (Å²) in [6, 6.07) is 8.25. The van der Waals surface area contributed by atoms with Gasteiger partial charge in [-0.25, -0.2) is 4.79 Å². The lowest BCUT2D eigenvalue weighted by Gasteiger charge is -2.08. The van der Waals surface area contributed by atoms with Crippen LogP contribution in [0.2, 0.25) is 0 Å². The van der Waals surface area contributed by atoms with Gasteiger partial charge >= 0.3 is 11.9 Å². The Bertz CT molecular complexity index is 575. The highest BCUT2D eigenvalue weighted by Crippen LogP contribution is 2.11. The number of ether oxygens (including phenoxy) is 2. The molecule has 0 bridgehead atoms. The molecule has 0 N–H and O–H groups in total. The molecule has 0 saturated carbocycles. The van der Waals surface area contributed by atoms with Crippen LogP contribution in [0.3, 0.4) is 0 Å². The van der Waals surface area contributed by atoms with Gasteiger partial charge in [-0.05, 0) is 36.5 Å². The predicted octanol–water partition coefficient (Wildman–Crippen LogP) is 5.35. The van der Waals surface area contributed by atoms with Crippen molar-refractivity contribution < 1.29 is 19.1 Å². The molecule has 4 nitrogen and oxygen atoms in total. The molecule has 0 aliphatic rings. The molecule has 1 unspecified atom stereocenters. The van der Waals surface area contributed by atoms with Gasteiger partial charge in [-0.15, -0.1) is 0 Å². The van der Waals surface area contributed by atoms with Gasteiger partial charge in [0.2, 0.25) is 0 Å². The number of unbranched alkanes of at least 4 members (excludes halogenated alkanes) is 4. The van der Waals surface area contributed by atoms with Gasteiger partial charge in [-0.2, -0.15) is 0 Å². The van der Waals surface area contributed by atoms with Crippen molar-refractivity contribution in [1.29, 1.82) is 0 Å². The van der Waals surface area contributed by atoms with Crippen molar-refractivity contribution in [3.8, 4) is 0 Å². The van der Waals surface area contributed by atoms with Gasteiger partial charge in [0.15, 0.2) is 0 Å². The summed E-state index contributed by atoms with van der Waals surface area (Å²) in [5.74, 6) is -0.816. The maximum absolute atomic E-state index is 11.7. The van der Waals surface area contributed by atoms with Gasteiger partial charge in [-0.3, -0.25) is 4.79 Å². The normalized spacial score (nSPS) is 12.1. The van der Waals surface area contributed by atoms with Crippen molar-refractivity contribution in [3.63, 3.8) is 0 Å². The molecule has 0 saturated heterocycles. The van der Waals surface area contributed by atoms with E-state index in [4.69, 9.17) is 9.47 Å². The Balaban J connectivity index is 2.25. The summed E-state index contributed by atoms with van der Waals surface area (Å²) in [6.45, 7) is 6.13. The van der Waals surface area contributed by atoms with E-state index in [0.717, 1.165) is 18.4 Å². The fraction of sp³-hybridized carbons (Fsp3) is 0.565. The molecule has 0 fully saturated rings. The van der Waals surface area contributed by atoms with Crippen LogP contribution in [-0.2, 0) is 25.5 Å². The van der Waals surface area contributed by atoms with E-state index in [1.54, 1.807) is 6.08 Å². The molecule has 4 heteroatoms. The third kappa shape index (κ3) is 10.6. The third-order valence-electron chi connectivity index (χ3n) is 4.55. The molecular formula is C23H34O4. The number of rotatable bonds is 13. The molecular weight excluding hydrogens is 340 g/mol. The number of esters is 2. The lowest BCUT2D eigenvalue weighted by atomic mass is 10.0. The topological polar surface area (TPSA) is 52.6 Å². The van der Waals surface area contributed by atoms with E-state index >= 15 is 0 Å². The Hall–Kier alpha value is -2.10. The number of benzene rings is 1. The second-order valence-electron chi connectivity index (χ2n) is 6.88. The number of hydrogen-bond donors (Lipinski definition) is 0. The highest BCUT2D eigenvalue weighted by molar-refractivity contribution is 5.87. The maximum Gasteiger partial charge on any atom is 0.330 e. The lowest BCUT2D eigenvalue weighted by Crippen LogP contribution is -2.17. The zero-order chi connectivity index (χ0) is 19.9. The van der Waals surface area contributed by atoms with Crippen LogP contribution in [0.15, 0.2) is 30.3 Å². The lowest BCUT2D eigenvalue weighted by molar-refractivity contribution is -0.152. The summed E-state index contributed by atoms with van der Waals surface area (Å²) in [5, 5.41) is 0. The molecule has 1 aromatic carbocycles. The molecule has 1 atom stereocenters. The smallest absolute Gasteiger partial charge is 0.330 e. The van der Waals surface area contributed by atoms with Crippen LogP contribution in [0.25, 0.3) is 6.08 Å². The van der Waals surface area contributed by atoms with E-state index in [-0.39, 0.29) is 25.1 Å². The van der Waals surface area contributed by atoms with E-state index in [1.807, 2.05) is 26.0 Å². The fourth-order valence-electron chi connectivity index (χ4n) is 2.53. The number of aryl methyl sites for hydroxylation is 1. The second kappa shape index (κ2) is 14.0. The Labute approximate surface area is 163 Å². The van der Waals surface area contributed by atoms with Gasteiger partial charge in [0, 0.05) is 6.08 Å². The van der Waals surface area contributed by atoms with Crippen LogP contribution < -0.4 is 0 Å². The Morgan fingerprint density at radius 1 is 0.963 bits per heavy atom. The summed E-state index contributed by atoms with van der Waals surface area (Å²) in [4.78, 5) is 23.2. The minimum Gasteiger partial charge on any atom is -0.462 e.